The van der Waals surface area contributed by atoms with Gasteiger partial charge in [0.15, 0.2) is 0 Å². The largest absolute Gasteiger partial charge is 0.490 e. The van der Waals surface area contributed by atoms with Gasteiger partial charge in [-0.15, -0.1) is 12.4 Å². The molecule has 5 aromatic carbocycles. The summed E-state index contributed by atoms with van der Waals surface area (Å²) in [5.74, 6) is -1.56. The number of hydrogen-bond acceptors (Lipinski definition) is 27. The van der Waals surface area contributed by atoms with Crippen molar-refractivity contribution in [2.75, 3.05) is 155 Å². The molecule has 8 aliphatic rings. The van der Waals surface area contributed by atoms with E-state index >= 15 is 0 Å². The van der Waals surface area contributed by atoms with Crippen LogP contribution >= 0.6 is 28.3 Å². The van der Waals surface area contributed by atoms with E-state index in [0.29, 0.717) is 69.8 Å². The number of nitrogens with zero attached hydrogens (tertiary/aromatic N) is 10. The number of halogens is 2. The van der Waals surface area contributed by atoms with Gasteiger partial charge in [0, 0.05) is 168 Å². The van der Waals surface area contributed by atoms with Crippen LogP contribution in [-0.2, 0) is 28.3 Å². The number of esters is 2. The van der Waals surface area contributed by atoms with Gasteiger partial charge < -0.3 is 80.1 Å². The van der Waals surface area contributed by atoms with E-state index in [4.69, 9.17) is 24.5 Å². The molecule has 0 radical (unpaired) electrons. The predicted molar refractivity (Wildman–Crippen MR) is 490 cm³/mol. The van der Waals surface area contributed by atoms with Gasteiger partial charge in [0.25, 0.3) is 34.6 Å². The molecule has 5 aromatic rings. The first-order valence-electron chi connectivity index (χ1n) is 41.0. The van der Waals surface area contributed by atoms with Gasteiger partial charge in [-0.05, 0) is 258 Å². The van der Waals surface area contributed by atoms with Crippen LogP contribution in [0.2, 0.25) is 0 Å². The number of likely N-dealkylation sites (N-methyl/N-ethyl adjacent to an activating group) is 4. The summed E-state index contributed by atoms with van der Waals surface area (Å²) in [4.78, 5) is 134. The number of methoxy groups -OCH3 is 2. The Bertz CT molecular complexity index is 4750. The summed E-state index contributed by atoms with van der Waals surface area (Å²) < 4.78 is 26.9. The minimum absolute atomic E-state index is 0. The van der Waals surface area contributed by atoms with Crippen molar-refractivity contribution in [1.82, 2.24) is 40.0 Å². The number of nitrogen functional groups attached to an aromatic ring is 1. The Morgan fingerprint density at radius 3 is 1.30 bits per heavy atom. The lowest BCUT2D eigenvalue weighted by molar-refractivity contribution is -0.385. The fraction of sp³-hybridized carbons (Fsp3) is 0.489. The highest BCUT2D eigenvalue weighted by atomic mass is 79.9. The number of carboxylic acids is 1. The number of Topliss-reactive ketones (excluding diaryl/α,β-unsaturated/α-hetero) is 1. The number of piperidine rings is 1. The average molecular weight is 1840 g/mol. The quantitative estimate of drug-likeness (QED) is 0.0172. The van der Waals surface area contributed by atoms with Crippen LogP contribution in [0, 0.1) is 45.9 Å². The van der Waals surface area contributed by atoms with Crippen LogP contribution in [-0.4, -0.2) is 269 Å². The number of nitrogens with one attached hydrogen (secondary N) is 2. The smallest absolute Gasteiger partial charge is 0.478 e. The highest BCUT2D eigenvalue weighted by Gasteiger charge is 2.53. The summed E-state index contributed by atoms with van der Waals surface area (Å²) in [5, 5.41) is 57.4. The SMILES string of the molecule is CC(C)(C)OC(=O)N1CCC2(CC(=O)C2)C1.CN.CN1CC=C(B2OC(C)(C)C(C)(C)O2)CC1.CN1CC=C(c2cc([N+](=O)[O-])ccc2C(=O)O)CC1.CNC(=O)c1ccc(N)cc1C1CCN(C)CC1.CNC(=O)c1ccc([N+](=O)[O-])cc1C1=CCN(C)CC1.COC(=O)c1ccc([N+](=O)[O-])cc1Br.COC(=O)c1ccc([N+](=O)[O-])cc1C1=CCN(C)CC1.Cl. The van der Waals surface area contributed by atoms with Gasteiger partial charge in [-0.1, -0.05) is 24.3 Å². The first-order chi connectivity index (χ1) is 58.8. The molecule has 0 aromatic heterocycles. The molecule has 3 amide bonds. The molecule has 3 saturated heterocycles. The number of likely N-dealkylation sites (tertiary alicyclic amines) is 2. The minimum atomic E-state index is -1.07. The van der Waals surface area contributed by atoms with Crippen molar-refractivity contribution in [2.24, 2.45) is 11.1 Å². The molecular weight excluding hydrogens is 1720 g/mol. The standard InChI is InChI=1S/C14H17N3O3.C14H21N3O.C14H16N2O4.C13H14N2O4.C12H22BNO2.C12H19NO3.C8H6BrNO4.CH5N.ClH/c1-15-14(18)12-4-3-11(17(19)20)9-13(12)10-5-7-16(2)8-6-10;1-16-14(18)12-4-3-11(15)9-13(12)10-5-7-17(2)8-6-10;1-15-7-5-10(6-8-15)13-9-11(16(18)19)3-4-12(13)14(17)20-2;1-14-6-4-9(5-7-14)12-8-10(15(18)19)2-3-11(12)13(16)17;1-11(2)12(3,4)16-13(15-11)10-6-8-14(5)9-7-10;1-11(2,3)16-10(15)13-5-4-12(8-13)6-9(14)7-12;1-14-8(11)6-3-2-5(10(12)13)4-7(6)9;1-2;/h3-5,9H,6-8H2,1-2H3,(H,15,18);3-4,9-10H,5-8,15H2,1-2H3,(H,16,18);3-5,9H,6-8H2,1-2H3;2-4,8H,5-7H2,1H3,(H,16,17);6H,7-9H2,1-5H3;4-8H2,1-3H3;2-4H,1H3;2H2,1H3;1H. The number of carbonyl (C=O) groups excluding carboxylic acids is 6. The van der Waals surface area contributed by atoms with Crippen LogP contribution in [0.15, 0.2) is 125 Å². The summed E-state index contributed by atoms with van der Waals surface area (Å²) in [7, 11) is 17.4. The zero-order chi connectivity index (χ0) is 93.2. The molecule has 1 aliphatic carbocycles. The molecule has 1 spiro atoms. The van der Waals surface area contributed by atoms with Crippen molar-refractivity contribution < 1.29 is 81.9 Å². The maximum atomic E-state index is 11.9. The molecule has 7 aliphatic heterocycles. The Kier molecular flexibility index (Phi) is 40.5. The molecule has 7 heterocycles. The van der Waals surface area contributed by atoms with Crippen LogP contribution in [0.1, 0.15) is 186 Å². The number of amides is 3. The number of aromatic carboxylic acids is 1. The molecule has 35 nitrogen and oxygen atoms in total. The van der Waals surface area contributed by atoms with Crippen LogP contribution in [0.4, 0.5) is 33.2 Å². The first kappa shape index (κ1) is 106. The van der Waals surface area contributed by atoms with Crippen molar-refractivity contribution in [3.63, 3.8) is 0 Å². The monoisotopic (exact) mass is 1830 g/mol. The van der Waals surface area contributed by atoms with Crippen molar-refractivity contribution in [3.8, 4) is 0 Å². The van der Waals surface area contributed by atoms with E-state index < -0.39 is 43.2 Å². The third kappa shape index (κ3) is 30.2. The number of rotatable bonds is 14. The Hall–Kier alpha value is -10.7. The lowest BCUT2D eigenvalue weighted by atomic mass is 9.67. The number of nitro groups is 4. The van der Waals surface area contributed by atoms with E-state index in [1.807, 2.05) is 72.3 Å². The summed E-state index contributed by atoms with van der Waals surface area (Å²) in [5.41, 5.74) is 19.0. The second kappa shape index (κ2) is 48.3. The summed E-state index contributed by atoms with van der Waals surface area (Å²) in [6.07, 6.45) is 15.6. The topological polar surface area (TPSA) is 454 Å². The third-order valence-electron chi connectivity index (χ3n) is 22.5. The van der Waals surface area contributed by atoms with E-state index in [1.165, 1.54) is 99.5 Å². The molecule has 38 heteroatoms. The average Bonchev–Trinajstić information content (AvgIpc) is 1.62. The highest BCUT2D eigenvalue weighted by Crippen LogP contribution is 2.46. The molecule has 126 heavy (non-hydrogen) atoms. The number of non-ortho nitro benzene ring substituents is 4. The zero-order valence-electron chi connectivity index (χ0n) is 75.0. The maximum absolute atomic E-state index is 11.9. The molecule has 0 unspecified atom stereocenters. The number of carboxylic acid groups (broad SMARTS) is 1. The van der Waals surface area contributed by atoms with Gasteiger partial charge in [0.2, 0.25) is 0 Å². The zero-order valence-corrected chi connectivity index (χ0v) is 77.4. The molecule has 686 valence electrons. The lowest BCUT2D eigenvalue weighted by Gasteiger charge is -2.36. The molecule has 0 bridgehead atoms. The number of benzene rings is 5. The van der Waals surface area contributed by atoms with Crippen molar-refractivity contribution in [3.05, 3.63) is 216 Å². The van der Waals surface area contributed by atoms with Gasteiger partial charge in [-0.2, -0.15) is 0 Å². The summed E-state index contributed by atoms with van der Waals surface area (Å²) >= 11 is 3.05. The maximum Gasteiger partial charge on any atom is 0.490 e. The van der Waals surface area contributed by atoms with E-state index in [-0.39, 0.29) is 87.9 Å². The molecule has 1 saturated carbocycles. The number of ether oxygens (including phenoxy) is 3. The van der Waals surface area contributed by atoms with Crippen LogP contribution < -0.4 is 22.1 Å². The van der Waals surface area contributed by atoms with E-state index in [1.54, 1.807) is 25.1 Å². The van der Waals surface area contributed by atoms with Gasteiger partial charge in [-0.25, -0.2) is 19.2 Å². The van der Waals surface area contributed by atoms with E-state index in [2.05, 4.69) is 109 Å². The normalized spacial score (nSPS) is 17.7. The van der Waals surface area contributed by atoms with Gasteiger partial charge in [0.1, 0.15) is 11.4 Å². The Labute approximate surface area is 750 Å². The van der Waals surface area contributed by atoms with E-state index in [0.717, 1.165) is 144 Å². The lowest BCUT2D eigenvalue weighted by Crippen LogP contribution is -2.42. The fourth-order valence-corrected chi connectivity index (χ4v) is 15.1. The first-order valence-corrected chi connectivity index (χ1v) is 41.8. The summed E-state index contributed by atoms with van der Waals surface area (Å²) in [6.45, 7) is 24.5. The Morgan fingerprint density at radius 2 is 0.921 bits per heavy atom. The van der Waals surface area contributed by atoms with Crippen LogP contribution in [0.5, 0.6) is 0 Å². The molecular formula is C88H121BBrClN14O21. The third-order valence-corrected chi connectivity index (χ3v) is 23.2. The van der Waals surface area contributed by atoms with Crippen LogP contribution in [0.25, 0.3) is 16.7 Å². The van der Waals surface area contributed by atoms with Crippen LogP contribution in [0.3, 0.4) is 0 Å². The van der Waals surface area contributed by atoms with Gasteiger partial charge in [0.05, 0.1) is 61.8 Å². The predicted octanol–water partition coefficient (Wildman–Crippen LogP) is 13.2. The highest BCUT2D eigenvalue weighted by molar-refractivity contribution is 9.10. The van der Waals surface area contributed by atoms with E-state index in [9.17, 15) is 79.1 Å². The Morgan fingerprint density at radius 1 is 0.540 bits per heavy atom. The number of nitro benzene ring substituents is 4. The van der Waals surface area contributed by atoms with Crippen molar-refractivity contribution in [2.45, 2.75) is 129 Å². The number of carbonyl (C=O) groups is 7. The number of hydrogen-bond donors (Lipinski definition) is 5. The second-order valence-corrected chi connectivity index (χ2v) is 34.3. The second-order valence-electron chi connectivity index (χ2n) is 33.4. The molecule has 4 fully saturated rings. The number of ketones is 1. The summed E-state index contributed by atoms with van der Waals surface area (Å²) in [6, 6.07) is 21.9. The number of nitrogens with two attached hydrogens (primary N) is 2. The molecule has 13 rings (SSSR count). The molecule has 7 N–H and O–H groups in total. The Balaban J connectivity index is 0.000000260. The fourth-order valence-electron chi connectivity index (χ4n) is 14.5. The minimum Gasteiger partial charge on any atom is -0.478 e. The van der Waals surface area contributed by atoms with Crippen molar-refractivity contribution >= 4 is 122 Å². The van der Waals surface area contributed by atoms with Gasteiger partial charge >= 0.3 is 31.1 Å². The number of anilines is 1. The van der Waals surface area contributed by atoms with Crippen molar-refractivity contribution in [1.29, 1.82) is 0 Å². The van der Waals surface area contributed by atoms with Gasteiger partial charge in [-0.3, -0.25) is 54.8 Å². The molecule has 0 atom stereocenters.